The van der Waals surface area contributed by atoms with Gasteiger partial charge in [0.15, 0.2) is 0 Å². The quantitative estimate of drug-likeness (QED) is 0.634. The molecule has 2 aromatic carbocycles. The Morgan fingerprint density at radius 2 is 1.83 bits per heavy atom. The minimum absolute atomic E-state index is 0.190. The molecule has 2 aromatic rings. The van der Waals surface area contributed by atoms with Crippen LogP contribution in [-0.4, -0.2) is 22.4 Å². The van der Waals surface area contributed by atoms with E-state index in [9.17, 15) is 10.1 Å². The Hall–Kier alpha value is -2.20. The van der Waals surface area contributed by atoms with E-state index in [2.05, 4.69) is 29.2 Å². The van der Waals surface area contributed by atoms with E-state index < -0.39 is 0 Å². The molecule has 4 heteroatoms. The fourth-order valence-corrected chi connectivity index (χ4v) is 4.30. The van der Waals surface area contributed by atoms with Crippen LogP contribution in [0.2, 0.25) is 0 Å². The van der Waals surface area contributed by atoms with Crippen molar-refractivity contribution in [1.29, 1.82) is 0 Å². The zero-order chi connectivity index (χ0) is 16.5. The first kappa shape index (κ1) is 15.3. The Kier molecular flexibility index (Phi) is 4.07. The molecule has 124 valence electrons. The lowest BCUT2D eigenvalue weighted by atomic mass is 9.80. The minimum Gasteiger partial charge on any atom is -0.296 e. The van der Waals surface area contributed by atoms with Crippen molar-refractivity contribution in [2.75, 3.05) is 6.54 Å². The monoisotopic (exact) mass is 322 g/mol. The van der Waals surface area contributed by atoms with Crippen LogP contribution >= 0.6 is 0 Å². The third-order valence-corrected chi connectivity index (χ3v) is 5.51. The highest BCUT2D eigenvalue weighted by atomic mass is 16.6. The second-order valence-electron chi connectivity index (χ2n) is 7.13. The highest BCUT2D eigenvalue weighted by Gasteiger charge is 2.31. The van der Waals surface area contributed by atoms with Crippen molar-refractivity contribution < 1.29 is 4.92 Å². The molecule has 0 saturated carbocycles. The predicted molar refractivity (Wildman–Crippen MR) is 93.9 cm³/mol. The van der Waals surface area contributed by atoms with Gasteiger partial charge < -0.3 is 0 Å². The molecule has 3 aliphatic rings. The van der Waals surface area contributed by atoms with Gasteiger partial charge in [0, 0.05) is 31.3 Å². The lowest BCUT2D eigenvalue weighted by Crippen LogP contribution is -2.46. The fourth-order valence-electron chi connectivity index (χ4n) is 4.30. The van der Waals surface area contributed by atoms with E-state index in [1.807, 2.05) is 6.07 Å². The number of rotatable bonds is 3. The molecule has 2 bridgehead atoms. The van der Waals surface area contributed by atoms with Gasteiger partial charge in [0.05, 0.1) is 4.92 Å². The molecule has 5 rings (SSSR count). The zero-order valence-electron chi connectivity index (χ0n) is 13.7. The van der Waals surface area contributed by atoms with Gasteiger partial charge in [-0.2, -0.15) is 0 Å². The largest absolute Gasteiger partial charge is 0.296 e. The average Bonchev–Trinajstić information content (AvgIpc) is 2.56. The van der Waals surface area contributed by atoms with Crippen LogP contribution in [0, 0.1) is 16.0 Å². The van der Waals surface area contributed by atoms with Crippen LogP contribution in [0.4, 0.5) is 5.69 Å². The standard InChI is InChI=1S/C20H22N2O2/c23-22(24)20-7-3-4-15(11-20)13-21-14-16-8-9-19(21)12-18-6-2-1-5-17(18)10-16/h1-7,11,16,19H,8-10,12-14H2/t16-,19-/m1/s1. The van der Waals surface area contributed by atoms with Crippen LogP contribution in [0.3, 0.4) is 0 Å². The highest BCUT2D eigenvalue weighted by Crippen LogP contribution is 2.33. The number of nitro groups is 1. The van der Waals surface area contributed by atoms with E-state index in [0.717, 1.165) is 31.5 Å². The maximum atomic E-state index is 11.0. The van der Waals surface area contributed by atoms with Crippen LogP contribution in [0.25, 0.3) is 0 Å². The van der Waals surface area contributed by atoms with E-state index in [4.69, 9.17) is 0 Å². The number of nitro benzene ring substituents is 1. The number of nitrogens with zero attached hydrogens (tertiary/aromatic N) is 2. The summed E-state index contributed by atoms with van der Waals surface area (Å²) in [5.41, 5.74) is 4.23. The summed E-state index contributed by atoms with van der Waals surface area (Å²) in [7, 11) is 0. The van der Waals surface area contributed by atoms with Gasteiger partial charge in [-0.05, 0) is 48.3 Å². The molecule has 0 aromatic heterocycles. The Morgan fingerprint density at radius 3 is 2.62 bits per heavy atom. The summed E-state index contributed by atoms with van der Waals surface area (Å²) >= 11 is 0. The van der Waals surface area contributed by atoms with Crippen molar-refractivity contribution in [2.45, 2.75) is 38.3 Å². The number of benzene rings is 2. The highest BCUT2D eigenvalue weighted by molar-refractivity contribution is 5.34. The maximum absolute atomic E-state index is 11.0. The van der Waals surface area contributed by atoms with E-state index in [1.165, 1.54) is 24.0 Å². The van der Waals surface area contributed by atoms with Crippen LogP contribution in [-0.2, 0) is 19.4 Å². The Labute approximate surface area is 142 Å². The molecule has 2 heterocycles. The third-order valence-electron chi connectivity index (χ3n) is 5.51. The van der Waals surface area contributed by atoms with Crippen LogP contribution in [0.15, 0.2) is 48.5 Å². The molecule has 1 aliphatic carbocycles. The first-order chi connectivity index (χ1) is 11.7. The van der Waals surface area contributed by atoms with Gasteiger partial charge >= 0.3 is 0 Å². The maximum Gasteiger partial charge on any atom is 0.269 e. The second kappa shape index (κ2) is 6.36. The number of fused-ring (bicyclic) bond motifs is 2. The molecule has 1 saturated heterocycles. The molecule has 0 amide bonds. The van der Waals surface area contributed by atoms with Gasteiger partial charge in [0.1, 0.15) is 0 Å². The fraction of sp³-hybridized carbons (Fsp3) is 0.400. The van der Waals surface area contributed by atoms with Crippen LogP contribution < -0.4 is 0 Å². The van der Waals surface area contributed by atoms with Crippen molar-refractivity contribution in [3.05, 3.63) is 75.3 Å². The molecule has 24 heavy (non-hydrogen) atoms. The molecule has 1 fully saturated rings. The van der Waals surface area contributed by atoms with Gasteiger partial charge in [-0.25, -0.2) is 0 Å². The SMILES string of the molecule is O=[N+]([O-])c1cccc(CN2C[C@@H]3CC[C@@H]2Cc2ccccc2C3)c1. The molecule has 0 radical (unpaired) electrons. The first-order valence-electron chi connectivity index (χ1n) is 8.73. The summed E-state index contributed by atoms with van der Waals surface area (Å²) in [4.78, 5) is 13.2. The summed E-state index contributed by atoms with van der Waals surface area (Å²) in [5, 5.41) is 11.0. The van der Waals surface area contributed by atoms with Crippen molar-refractivity contribution in [3.8, 4) is 0 Å². The number of hydrogen-bond acceptors (Lipinski definition) is 3. The van der Waals surface area contributed by atoms with Gasteiger partial charge in [-0.15, -0.1) is 0 Å². The van der Waals surface area contributed by atoms with Crippen LogP contribution in [0.5, 0.6) is 0 Å². The Morgan fingerprint density at radius 1 is 1.04 bits per heavy atom. The second-order valence-corrected chi connectivity index (χ2v) is 7.13. The van der Waals surface area contributed by atoms with Crippen molar-refractivity contribution in [1.82, 2.24) is 4.90 Å². The molecular weight excluding hydrogens is 300 g/mol. The first-order valence-corrected chi connectivity index (χ1v) is 8.73. The van der Waals surface area contributed by atoms with E-state index >= 15 is 0 Å². The summed E-state index contributed by atoms with van der Waals surface area (Å²) in [5.74, 6) is 0.696. The normalized spacial score (nSPS) is 23.3. The molecular formula is C20H22N2O2. The van der Waals surface area contributed by atoms with E-state index in [1.54, 1.807) is 18.2 Å². The molecule has 4 nitrogen and oxygen atoms in total. The zero-order valence-corrected chi connectivity index (χ0v) is 13.7. The molecule has 0 N–H and O–H groups in total. The smallest absolute Gasteiger partial charge is 0.269 e. The van der Waals surface area contributed by atoms with Crippen LogP contribution in [0.1, 0.15) is 29.5 Å². The summed E-state index contributed by atoms with van der Waals surface area (Å²) in [6.45, 7) is 1.91. The number of hydrogen-bond donors (Lipinski definition) is 0. The van der Waals surface area contributed by atoms with Gasteiger partial charge in [0.25, 0.3) is 5.69 Å². The van der Waals surface area contributed by atoms with E-state index in [0.29, 0.717) is 12.0 Å². The van der Waals surface area contributed by atoms with Crippen molar-refractivity contribution >= 4 is 5.69 Å². The van der Waals surface area contributed by atoms with Crippen molar-refractivity contribution in [3.63, 3.8) is 0 Å². The van der Waals surface area contributed by atoms with Gasteiger partial charge in [-0.3, -0.25) is 15.0 Å². The van der Waals surface area contributed by atoms with Crippen molar-refractivity contribution in [2.24, 2.45) is 5.92 Å². The van der Waals surface area contributed by atoms with Gasteiger partial charge in [0.2, 0.25) is 0 Å². The van der Waals surface area contributed by atoms with E-state index in [-0.39, 0.29) is 10.6 Å². The minimum atomic E-state index is -0.306. The Balaban J connectivity index is 1.57. The molecule has 0 unspecified atom stereocenters. The molecule has 0 spiro atoms. The molecule has 2 atom stereocenters. The third kappa shape index (κ3) is 3.06. The predicted octanol–water partition coefficient (Wildman–Crippen LogP) is 3.97. The van der Waals surface area contributed by atoms with Gasteiger partial charge in [-0.1, -0.05) is 36.4 Å². The Bertz CT molecular complexity index is 759. The topological polar surface area (TPSA) is 46.4 Å². The molecule has 2 aliphatic heterocycles. The summed E-state index contributed by atoms with van der Waals surface area (Å²) < 4.78 is 0. The number of piperidine rings is 1. The summed E-state index contributed by atoms with van der Waals surface area (Å²) in [6, 6.07) is 16.5. The lowest BCUT2D eigenvalue weighted by Gasteiger charge is -2.42. The number of non-ortho nitro benzene ring substituents is 1. The summed E-state index contributed by atoms with van der Waals surface area (Å²) in [6.07, 6.45) is 4.78. The lowest BCUT2D eigenvalue weighted by molar-refractivity contribution is -0.384. The average molecular weight is 322 g/mol.